The summed E-state index contributed by atoms with van der Waals surface area (Å²) >= 11 is 4.93. The summed E-state index contributed by atoms with van der Waals surface area (Å²) in [6.07, 6.45) is 2.26. The molecule has 0 aromatic carbocycles. The van der Waals surface area contributed by atoms with E-state index in [-0.39, 0.29) is 22.3 Å². The molecule has 0 aliphatic heterocycles. The van der Waals surface area contributed by atoms with Gasteiger partial charge in [0.25, 0.3) is 5.56 Å². The summed E-state index contributed by atoms with van der Waals surface area (Å²) < 4.78 is 0. The molecule has 1 fully saturated rings. The van der Waals surface area contributed by atoms with Crippen molar-refractivity contribution in [3.8, 4) is 0 Å². The average Bonchev–Trinajstić information content (AvgIpc) is 2.19. The number of nitrogens with zero attached hydrogens (tertiary/aromatic N) is 1. The molecule has 1 aliphatic carbocycles. The number of aromatic nitrogens is 2. The zero-order valence-corrected chi connectivity index (χ0v) is 9.84. The monoisotopic (exact) mass is 252 g/mol. The fourth-order valence-electron chi connectivity index (χ4n) is 1.77. The maximum Gasteiger partial charge on any atom is 0.264 e. The van der Waals surface area contributed by atoms with Crippen LogP contribution in [-0.2, 0) is 4.79 Å². The number of hydrogen-bond donors (Lipinski definition) is 3. The van der Waals surface area contributed by atoms with E-state index in [1.807, 2.05) is 0 Å². The van der Waals surface area contributed by atoms with Crippen molar-refractivity contribution in [1.82, 2.24) is 10.2 Å². The molecule has 1 aromatic heterocycles. The van der Waals surface area contributed by atoms with Crippen LogP contribution < -0.4 is 16.6 Å². The maximum atomic E-state index is 12.0. The number of rotatable bonds is 3. The van der Waals surface area contributed by atoms with Crippen LogP contribution in [0.3, 0.4) is 0 Å². The van der Waals surface area contributed by atoms with E-state index in [0.29, 0.717) is 12.8 Å². The van der Waals surface area contributed by atoms with Crippen LogP contribution in [0.4, 0.5) is 5.82 Å². The first kappa shape index (κ1) is 11.7. The van der Waals surface area contributed by atoms with Crippen LogP contribution in [0.1, 0.15) is 19.3 Å². The Bertz CT molecular complexity index is 501. The first-order valence-corrected chi connectivity index (χ1v) is 5.62. The van der Waals surface area contributed by atoms with Crippen LogP contribution in [0.25, 0.3) is 0 Å². The molecule has 7 heteroatoms. The van der Waals surface area contributed by atoms with E-state index in [0.717, 1.165) is 6.42 Å². The van der Waals surface area contributed by atoms with Crippen molar-refractivity contribution in [2.75, 3.05) is 5.32 Å². The van der Waals surface area contributed by atoms with E-state index < -0.39 is 5.41 Å². The third-order valence-corrected chi connectivity index (χ3v) is 3.42. The van der Waals surface area contributed by atoms with Crippen LogP contribution in [0.2, 0.25) is 0 Å². The van der Waals surface area contributed by atoms with Gasteiger partial charge in [-0.1, -0.05) is 18.6 Å². The predicted molar refractivity (Wildman–Crippen MR) is 66.6 cm³/mol. The van der Waals surface area contributed by atoms with Crippen LogP contribution in [0.15, 0.2) is 16.9 Å². The molecule has 1 saturated carbocycles. The Kier molecular flexibility index (Phi) is 2.93. The van der Waals surface area contributed by atoms with Crippen LogP contribution >= 0.6 is 12.2 Å². The van der Waals surface area contributed by atoms with Crippen molar-refractivity contribution in [3.05, 3.63) is 22.5 Å². The smallest absolute Gasteiger partial charge is 0.264 e. The normalized spacial score (nSPS) is 16.9. The minimum Gasteiger partial charge on any atom is -0.392 e. The molecule has 0 radical (unpaired) electrons. The number of thiocarbonyl (C=S) groups is 1. The van der Waals surface area contributed by atoms with Gasteiger partial charge < -0.3 is 11.1 Å². The highest BCUT2D eigenvalue weighted by Crippen LogP contribution is 2.42. The van der Waals surface area contributed by atoms with Crippen molar-refractivity contribution in [3.63, 3.8) is 0 Å². The molecule has 4 N–H and O–H groups in total. The summed E-state index contributed by atoms with van der Waals surface area (Å²) in [5, 5.41) is 8.54. The minimum atomic E-state index is -0.743. The highest BCUT2D eigenvalue weighted by atomic mass is 32.1. The van der Waals surface area contributed by atoms with Gasteiger partial charge in [-0.05, 0) is 18.9 Å². The zero-order chi connectivity index (χ0) is 12.5. The van der Waals surface area contributed by atoms with Crippen molar-refractivity contribution in [1.29, 1.82) is 0 Å². The predicted octanol–water partition coefficient (Wildman–Crippen LogP) is 0.165. The number of nitrogens with one attached hydrogen (secondary N) is 2. The van der Waals surface area contributed by atoms with E-state index >= 15 is 0 Å². The van der Waals surface area contributed by atoms with Gasteiger partial charge in [0.05, 0.1) is 10.4 Å². The lowest BCUT2D eigenvalue weighted by atomic mass is 9.68. The molecule has 0 atom stereocenters. The molecule has 0 bridgehead atoms. The molecular weight excluding hydrogens is 240 g/mol. The minimum absolute atomic E-state index is 0.214. The molecule has 0 unspecified atom stereocenters. The molecule has 1 amide bonds. The second-order valence-corrected chi connectivity index (χ2v) is 4.50. The fourth-order valence-corrected chi connectivity index (χ4v) is 2.06. The van der Waals surface area contributed by atoms with Crippen LogP contribution in [0.5, 0.6) is 0 Å². The second kappa shape index (κ2) is 4.25. The van der Waals surface area contributed by atoms with E-state index in [4.69, 9.17) is 18.0 Å². The highest BCUT2D eigenvalue weighted by molar-refractivity contribution is 7.80. The van der Waals surface area contributed by atoms with Gasteiger partial charge in [-0.15, -0.1) is 0 Å². The summed E-state index contributed by atoms with van der Waals surface area (Å²) in [4.78, 5) is 23.1. The Morgan fingerprint density at radius 1 is 1.53 bits per heavy atom. The SMILES string of the molecule is NC(=S)C1(C(=O)Nc2ccc(=O)[nH]n2)CCC1. The van der Waals surface area contributed by atoms with Crippen molar-refractivity contribution in [2.45, 2.75) is 19.3 Å². The van der Waals surface area contributed by atoms with Gasteiger partial charge in [-0.25, -0.2) is 5.10 Å². The maximum absolute atomic E-state index is 12.0. The van der Waals surface area contributed by atoms with E-state index in [1.54, 1.807) is 0 Å². The van der Waals surface area contributed by atoms with E-state index in [1.165, 1.54) is 12.1 Å². The van der Waals surface area contributed by atoms with Gasteiger partial charge in [-0.2, -0.15) is 5.10 Å². The fraction of sp³-hybridized carbons (Fsp3) is 0.400. The zero-order valence-electron chi connectivity index (χ0n) is 9.03. The van der Waals surface area contributed by atoms with E-state index in [9.17, 15) is 9.59 Å². The lowest BCUT2D eigenvalue weighted by Crippen LogP contribution is -2.50. The molecule has 2 rings (SSSR count). The second-order valence-electron chi connectivity index (χ2n) is 4.06. The lowest BCUT2D eigenvalue weighted by Gasteiger charge is -2.38. The molecule has 0 saturated heterocycles. The Labute approximate surface area is 103 Å². The third-order valence-electron chi connectivity index (χ3n) is 3.03. The molecule has 6 nitrogen and oxygen atoms in total. The van der Waals surface area contributed by atoms with Gasteiger partial charge in [0.15, 0.2) is 5.82 Å². The van der Waals surface area contributed by atoms with Crippen LogP contribution in [-0.4, -0.2) is 21.1 Å². The molecule has 0 spiro atoms. The van der Waals surface area contributed by atoms with Crippen LogP contribution in [0, 0.1) is 5.41 Å². The number of carbonyl (C=O) groups excluding carboxylic acids is 1. The Hall–Kier alpha value is -1.76. The standard InChI is InChI=1S/C10H12N4O2S/c11-8(17)10(4-1-5-10)9(16)12-6-2-3-7(15)14-13-6/h2-3H,1,4-5H2,(H2,11,17)(H,14,15)(H,12,13,16). The van der Waals surface area contributed by atoms with Gasteiger partial charge in [0.2, 0.25) is 5.91 Å². The first-order chi connectivity index (χ1) is 8.04. The number of H-pyrrole nitrogens is 1. The Morgan fingerprint density at radius 2 is 2.24 bits per heavy atom. The number of aromatic amines is 1. The van der Waals surface area contributed by atoms with Crippen molar-refractivity contribution >= 4 is 28.9 Å². The third kappa shape index (κ3) is 2.05. The Morgan fingerprint density at radius 3 is 2.65 bits per heavy atom. The summed E-state index contributed by atoms with van der Waals surface area (Å²) in [5.74, 6) is 0.0351. The summed E-state index contributed by atoms with van der Waals surface area (Å²) in [5.41, 5.74) is 4.54. The van der Waals surface area contributed by atoms with Gasteiger partial charge in [-0.3, -0.25) is 9.59 Å². The number of carbonyl (C=O) groups is 1. The molecular formula is C10H12N4O2S. The summed E-state index contributed by atoms with van der Waals surface area (Å²) in [6, 6.07) is 2.72. The number of hydrogen-bond acceptors (Lipinski definition) is 4. The Balaban J connectivity index is 2.14. The topological polar surface area (TPSA) is 101 Å². The summed E-state index contributed by atoms with van der Waals surface area (Å²) in [6.45, 7) is 0. The quantitative estimate of drug-likeness (QED) is 0.665. The van der Waals surface area contributed by atoms with E-state index in [2.05, 4.69) is 15.5 Å². The van der Waals surface area contributed by atoms with Gasteiger partial charge in [0.1, 0.15) is 0 Å². The average molecular weight is 252 g/mol. The summed E-state index contributed by atoms with van der Waals surface area (Å²) in [7, 11) is 0. The lowest BCUT2D eigenvalue weighted by molar-refractivity contribution is -0.125. The first-order valence-electron chi connectivity index (χ1n) is 5.22. The molecule has 1 heterocycles. The highest BCUT2D eigenvalue weighted by Gasteiger charge is 2.47. The number of amides is 1. The van der Waals surface area contributed by atoms with Gasteiger partial charge >= 0.3 is 0 Å². The number of anilines is 1. The number of nitrogens with two attached hydrogens (primary N) is 1. The molecule has 90 valence electrons. The van der Waals surface area contributed by atoms with Crippen molar-refractivity contribution in [2.24, 2.45) is 11.1 Å². The molecule has 17 heavy (non-hydrogen) atoms. The van der Waals surface area contributed by atoms with Gasteiger partial charge in [0, 0.05) is 6.07 Å². The largest absolute Gasteiger partial charge is 0.392 e. The molecule has 1 aromatic rings. The molecule has 1 aliphatic rings. The van der Waals surface area contributed by atoms with Crippen molar-refractivity contribution < 1.29 is 4.79 Å².